The lowest BCUT2D eigenvalue weighted by molar-refractivity contribution is 0.423. The lowest BCUT2D eigenvalue weighted by atomic mass is 9.78. The zero-order chi connectivity index (χ0) is 13.4. The first-order valence-electron chi connectivity index (χ1n) is 6.05. The van der Waals surface area contributed by atoms with E-state index in [2.05, 4.69) is 66.3 Å². The Bertz CT molecular complexity index is 373. The second kappa shape index (κ2) is 4.56. The van der Waals surface area contributed by atoms with Gasteiger partial charge in [-0.15, -0.1) is 0 Å². The number of hydrogen-bond acceptors (Lipinski definition) is 2. The minimum absolute atomic E-state index is 0.0525. The Kier molecular flexibility index (Phi) is 3.87. The second-order valence-corrected chi connectivity index (χ2v) is 7.01. The monoisotopic (exact) mass is 252 g/mol. The minimum Gasteiger partial charge on any atom is -0.507 e. The van der Waals surface area contributed by atoms with Crippen molar-refractivity contribution in [3.63, 3.8) is 0 Å². The van der Waals surface area contributed by atoms with Crippen LogP contribution in [0.5, 0.6) is 5.75 Å². The normalized spacial score (nSPS) is 12.9. The highest BCUT2D eigenvalue weighted by Crippen LogP contribution is 2.39. The van der Waals surface area contributed by atoms with Crippen molar-refractivity contribution in [1.29, 1.82) is 0 Å². The van der Waals surface area contributed by atoms with Crippen molar-refractivity contribution in [2.24, 2.45) is 0 Å². The number of rotatable bonds is 1. The van der Waals surface area contributed by atoms with Gasteiger partial charge < -0.3 is 5.11 Å². The van der Waals surface area contributed by atoms with Gasteiger partial charge in [0.25, 0.3) is 0 Å². The molecule has 2 heteroatoms. The zero-order valence-corrected chi connectivity index (χ0v) is 12.7. The van der Waals surface area contributed by atoms with Gasteiger partial charge in [-0.25, -0.2) is 0 Å². The molecule has 0 saturated carbocycles. The van der Waals surface area contributed by atoms with Crippen LogP contribution in [0.4, 0.5) is 0 Å². The first kappa shape index (κ1) is 14.4. The highest BCUT2D eigenvalue weighted by molar-refractivity contribution is 7.79. The van der Waals surface area contributed by atoms with Crippen LogP contribution in [0.15, 0.2) is 12.1 Å². The van der Waals surface area contributed by atoms with E-state index >= 15 is 0 Å². The molecule has 0 unspecified atom stereocenters. The summed E-state index contributed by atoms with van der Waals surface area (Å²) in [6.45, 7) is 12.7. The number of thiol groups is 1. The van der Waals surface area contributed by atoms with Gasteiger partial charge in [-0.3, -0.25) is 0 Å². The van der Waals surface area contributed by atoms with Crippen LogP contribution in [0.3, 0.4) is 0 Å². The third-order valence-corrected chi connectivity index (χ3v) is 3.33. The molecule has 1 rings (SSSR count). The minimum atomic E-state index is -0.0525. The average Bonchev–Trinajstić information content (AvgIpc) is 2.14. The van der Waals surface area contributed by atoms with E-state index in [9.17, 15) is 5.11 Å². The molecule has 1 nitrogen and oxygen atoms in total. The quantitative estimate of drug-likeness (QED) is 0.709. The fourth-order valence-electron chi connectivity index (χ4n) is 1.93. The van der Waals surface area contributed by atoms with Gasteiger partial charge in [0.1, 0.15) is 5.75 Å². The molecule has 17 heavy (non-hydrogen) atoms. The van der Waals surface area contributed by atoms with E-state index in [1.54, 1.807) is 0 Å². The van der Waals surface area contributed by atoms with Crippen LogP contribution in [0.2, 0.25) is 0 Å². The smallest absolute Gasteiger partial charge is 0.123 e. The summed E-state index contributed by atoms with van der Waals surface area (Å²) < 4.78 is 0. The zero-order valence-electron chi connectivity index (χ0n) is 11.8. The Labute approximate surface area is 111 Å². The highest BCUT2D eigenvalue weighted by atomic mass is 32.1. The summed E-state index contributed by atoms with van der Waals surface area (Å²) >= 11 is 4.35. The number of hydrogen-bond donors (Lipinski definition) is 2. The van der Waals surface area contributed by atoms with Crippen molar-refractivity contribution in [2.45, 2.75) is 58.1 Å². The molecular weight excluding hydrogens is 228 g/mol. The van der Waals surface area contributed by atoms with Crippen LogP contribution in [-0.2, 0) is 16.6 Å². The first-order chi connectivity index (χ1) is 7.57. The molecule has 0 fully saturated rings. The van der Waals surface area contributed by atoms with E-state index in [1.807, 2.05) is 0 Å². The summed E-state index contributed by atoms with van der Waals surface area (Å²) in [6.07, 6.45) is 0. The summed E-state index contributed by atoms with van der Waals surface area (Å²) in [4.78, 5) is 0. The summed E-state index contributed by atoms with van der Waals surface area (Å²) in [7, 11) is 0. The molecule has 0 aliphatic heterocycles. The molecule has 0 aliphatic carbocycles. The van der Waals surface area contributed by atoms with Gasteiger partial charge >= 0.3 is 0 Å². The standard InChI is InChI=1S/C15H24OS/c1-14(2,3)11-7-10(9-17)8-12(13(11)16)15(4,5)6/h7-8,16-17H,9H2,1-6H3. The van der Waals surface area contributed by atoms with E-state index in [0.29, 0.717) is 11.5 Å². The Hall–Kier alpha value is -0.630. The third-order valence-electron chi connectivity index (χ3n) is 2.97. The van der Waals surface area contributed by atoms with Gasteiger partial charge in [0.15, 0.2) is 0 Å². The topological polar surface area (TPSA) is 20.2 Å². The van der Waals surface area contributed by atoms with Gasteiger partial charge in [-0.2, -0.15) is 12.6 Å². The van der Waals surface area contributed by atoms with Crippen LogP contribution >= 0.6 is 12.6 Å². The fourth-order valence-corrected chi connectivity index (χ4v) is 2.11. The summed E-state index contributed by atoms with van der Waals surface area (Å²) in [5, 5.41) is 10.5. The van der Waals surface area contributed by atoms with Crippen molar-refractivity contribution in [1.82, 2.24) is 0 Å². The second-order valence-electron chi connectivity index (χ2n) is 6.70. The number of benzene rings is 1. The summed E-state index contributed by atoms with van der Waals surface area (Å²) in [5.41, 5.74) is 3.08. The molecule has 0 aromatic heterocycles. The Morgan fingerprint density at radius 2 is 1.29 bits per heavy atom. The SMILES string of the molecule is CC(C)(C)c1cc(CS)cc(C(C)(C)C)c1O. The maximum absolute atomic E-state index is 10.5. The Morgan fingerprint density at radius 1 is 0.941 bits per heavy atom. The van der Waals surface area contributed by atoms with Gasteiger partial charge in [0, 0.05) is 5.75 Å². The molecular formula is C15H24OS. The van der Waals surface area contributed by atoms with Gasteiger partial charge in [0.2, 0.25) is 0 Å². The van der Waals surface area contributed by atoms with E-state index < -0.39 is 0 Å². The van der Waals surface area contributed by atoms with Crippen molar-refractivity contribution < 1.29 is 5.11 Å². The van der Waals surface area contributed by atoms with Crippen LogP contribution in [0.1, 0.15) is 58.2 Å². The van der Waals surface area contributed by atoms with Gasteiger partial charge in [-0.05, 0) is 27.5 Å². The lowest BCUT2D eigenvalue weighted by Crippen LogP contribution is -2.17. The van der Waals surface area contributed by atoms with E-state index in [-0.39, 0.29) is 10.8 Å². The van der Waals surface area contributed by atoms with E-state index in [4.69, 9.17) is 0 Å². The lowest BCUT2D eigenvalue weighted by Gasteiger charge is -2.28. The number of phenolic OH excluding ortho intramolecular Hbond substituents is 1. The van der Waals surface area contributed by atoms with Crippen LogP contribution in [0, 0.1) is 0 Å². The highest BCUT2D eigenvalue weighted by Gasteiger charge is 2.26. The van der Waals surface area contributed by atoms with Crippen molar-refractivity contribution >= 4 is 12.6 Å². The average molecular weight is 252 g/mol. The molecule has 96 valence electrons. The Balaban J connectivity index is 3.53. The maximum Gasteiger partial charge on any atom is 0.123 e. The Morgan fingerprint density at radius 3 is 1.53 bits per heavy atom. The number of aromatic hydroxyl groups is 1. The van der Waals surface area contributed by atoms with Gasteiger partial charge in [-0.1, -0.05) is 53.7 Å². The van der Waals surface area contributed by atoms with Crippen molar-refractivity contribution in [3.05, 3.63) is 28.8 Å². The summed E-state index contributed by atoms with van der Waals surface area (Å²) in [5.74, 6) is 1.14. The van der Waals surface area contributed by atoms with Crippen LogP contribution in [-0.4, -0.2) is 5.11 Å². The molecule has 0 aliphatic rings. The largest absolute Gasteiger partial charge is 0.507 e. The molecule has 0 spiro atoms. The van der Waals surface area contributed by atoms with Crippen molar-refractivity contribution in [2.75, 3.05) is 0 Å². The third kappa shape index (κ3) is 3.19. The molecule has 1 N–H and O–H groups in total. The summed E-state index contributed by atoms with van der Waals surface area (Å²) in [6, 6.07) is 4.13. The predicted molar refractivity (Wildman–Crippen MR) is 78.2 cm³/mol. The van der Waals surface area contributed by atoms with Crippen LogP contribution in [0.25, 0.3) is 0 Å². The van der Waals surface area contributed by atoms with Gasteiger partial charge in [0.05, 0.1) is 0 Å². The molecule has 0 atom stereocenters. The number of phenols is 1. The predicted octanol–water partition coefficient (Wildman–Crippen LogP) is 4.42. The molecule has 0 bridgehead atoms. The molecule has 0 amide bonds. The van der Waals surface area contributed by atoms with E-state index in [1.165, 1.54) is 5.56 Å². The molecule has 0 heterocycles. The first-order valence-corrected chi connectivity index (χ1v) is 6.68. The molecule has 0 saturated heterocycles. The van der Waals surface area contributed by atoms with Crippen LogP contribution < -0.4 is 0 Å². The molecule has 1 aromatic rings. The molecule has 1 aromatic carbocycles. The maximum atomic E-state index is 10.5. The van der Waals surface area contributed by atoms with E-state index in [0.717, 1.165) is 11.1 Å². The molecule has 0 radical (unpaired) electrons. The van der Waals surface area contributed by atoms with Crippen molar-refractivity contribution in [3.8, 4) is 5.75 Å². The fraction of sp³-hybridized carbons (Fsp3) is 0.600.